The van der Waals surface area contributed by atoms with Crippen LogP contribution in [-0.2, 0) is 14.9 Å². The zero-order chi connectivity index (χ0) is 23.4. The molecule has 0 saturated heterocycles. The second-order valence-electron chi connectivity index (χ2n) is 9.96. The zero-order valence-corrected chi connectivity index (χ0v) is 19.8. The molecule has 0 aliphatic rings. The Balaban J connectivity index is 1.97. The van der Waals surface area contributed by atoms with E-state index in [2.05, 4.69) is 41.5 Å². The summed E-state index contributed by atoms with van der Waals surface area (Å²) in [6, 6.07) is 12.7. The van der Waals surface area contributed by atoms with Crippen LogP contribution in [0.1, 0.15) is 59.4 Å². The maximum atomic E-state index is 12.0. The minimum atomic E-state index is -4.29. The first-order valence-corrected chi connectivity index (χ1v) is 11.6. The molecule has 0 aliphatic heterocycles. The molecule has 0 aromatic heterocycles. The Labute approximate surface area is 185 Å². The molecule has 0 fully saturated rings. The maximum Gasteiger partial charge on any atom is 0.349 e. The fourth-order valence-corrected chi connectivity index (χ4v) is 3.80. The molecule has 1 unspecified atom stereocenters. The van der Waals surface area contributed by atoms with Crippen LogP contribution < -0.4 is 9.47 Å². The lowest BCUT2D eigenvalue weighted by atomic mass is 9.69. The van der Waals surface area contributed by atoms with E-state index in [1.165, 1.54) is 17.7 Å². The smallest absolute Gasteiger partial charge is 0.349 e. The van der Waals surface area contributed by atoms with Gasteiger partial charge in [0.25, 0.3) is 10.1 Å². The van der Waals surface area contributed by atoms with Crippen molar-refractivity contribution in [1.29, 1.82) is 0 Å². The van der Waals surface area contributed by atoms with Crippen LogP contribution in [0.3, 0.4) is 0 Å². The van der Waals surface area contributed by atoms with Crippen molar-refractivity contribution in [1.82, 2.24) is 0 Å². The molecule has 2 rings (SSSR count). The van der Waals surface area contributed by atoms with Crippen LogP contribution in [0.4, 0.5) is 0 Å². The number of hydrogen-bond donors (Lipinski definition) is 1. The predicted octanol–water partition coefficient (Wildman–Crippen LogP) is 5.48. The van der Waals surface area contributed by atoms with E-state index in [9.17, 15) is 13.2 Å². The van der Waals surface area contributed by atoms with Crippen molar-refractivity contribution in [2.45, 2.75) is 58.8 Å². The molecule has 1 N–H and O–H groups in total. The van der Waals surface area contributed by atoms with E-state index < -0.39 is 16.1 Å². The molecule has 0 amide bonds. The first-order chi connectivity index (χ1) is 14.1. The number of hydrogen-bond acceptors (Lipinski definition) is 5. The van der Waals surface area contributed by atoms with Gasteiger partial charge in [0.2, 0.25) is 0 Å². The van der Waals surface area contributed by atoms with E-state index in [0.717, 1.165) is 18.6 Å². The topological polar surface area (TPSA) is 89.9 Å². The van der Waals surface area contributed by atoms with E-state index >= 15 is 0 Å². The van der Waals surface area contributed by atoms with Crippen LogP contribution in [0.2, 0.25) is 0 Å². The number of esters is 1. The summed E-state index contributed by atoms with van der Waals surface area (Å²) in [5.74, 6) is 0.485. The number of rotatable bonds is 7. The van der Waals surface area contributed by atoms with Crippen molar-refractivity contribution in [3.8, 4) is 11.5 Å². The predicted molar refractivity (Wildman–Crippen MR) is 120 cm³/mol. The van der Waals surface area contributed by atoms with Gasteiger partial charge in [-0.05, 0) is 65.1 Å². The third-order valence-corrected chi connectivity index (χ3v) is 5.72. The summed E-state index contributed by atoms with van der Waals surface area (Å²) < 4.78 is 41.7. The van der Waals surface area contributed by atoms with Gasteiger partial charge in [0.15, 0.2) is 6.61 Å². The number of carbonyl (C=O) groups excluding carboxylic acids is 1. The van der Waals surface area contributed by atoms with E-state index in [4.69, 9.17) is 14.0 Å². The van der Waals surface area contributed by atoms with Gasteiger partial charge in [-0.25, -0.2) is 4.79 Å². The molecule has 0 aliphatic carbocycles. The van der Waals surface area contributed by atoms with Crippen molar-refractivity contribution >= 4 is 16.1 Å². The fraction of sp³-hybridized carbons (Fsp3) is 0.458. The quantitative estimate of drug-likeness (QED) is 0.342. The van der Waals surface area contributed by atoms with Crippen LogP contribution in [0, 0.1) is 10.8 Å². The average Bonchev–Trinajstić information content (AvgIpc) is 2.63. The normalized spacial score (nSPS) is 13.5. The molecule has 0 heterocycles. The molecule has 1 atom stereocenters. The molecular formula is C24H32O6S. The molecular weight excluding hydrogens is 416 g/mol. The zero-order valence-electron chi connectivity index (χ0n) is 19.0. The Morgan fingerprint density at radius 3 is 1.87 bits per heavy atom. The number of ether oxygens (including phenoxy) is 2. The lowest BCUT2D eigenvalue weighted by Crippen LogP contribution is -2.23. The molecule has 7 heteroatoms. The van der Waals surface area contributed by atoms with Crippen molar-refractivity contribution in [3.63, 3.8) is 0 Å². The summed E-state index contributed by atoms with van der Waals surface area (Å²) in [7, 11) is -4.29. The van der Waals surface area contributed by atoms with Crippen molar-refractivity contribution < 1.29 is 27.2 Å². The van der Waals surface area contributed by atoms with Crippen LogP contribution in [-0.4, -0.2) is 25.5 Å². The van der Waals surface area contributed by atoms with Crippen LogP contribution in [0.15, 0.2) is 53.4 Å². The summed E-state index contributed by atoms with van der Waals surface area (Å²) in [6.45, 7) is 13.2. The molecule has 170 valence electrons. The summed E-state index contributed by atoms with van der Waals surface area (Å²) in [4.78, 5) is 11.7. The van der Waals surface area contributed by atoms with Gasteiger partial charge < -0.3 is 9.47 Å². The minimum Gasteiger partial charge on any atom is -0.482 e. The molecule has 2 aromatic carbocycles. The molecule has 0 bridgehead atoms. The lowest BCUT2D eigenvalue weighted by Gasteiger charge is -2.36. The molecule has 6 nitrogen and oxygen atoms in total. The first-order valence-electron chi connectivity index (χ1n) is 10.2. The molecule has 0 radical (unpaired) electrons. The van der Waals surface area contributed by atoms with Crippen LogP contribution >= 0.6 is 0 Å². The van der Waals surface area contributed by atoms with Crippen molar-refractivity contribution in [2.24, 2.45) is 10.8 Å². The third-order valence-electron chi connectivity index (χ3n) is 4.85. The van der Waals surface area contributed by atoms with Crippen LogP contribution in [0.25, 0.3) is 0 Å². The second kappa shape index (κ2) is 9.40. The average molecular weight is 449 g/mol. The highest BCUT2D eigenvalue weighted by Crippen LogP contribution is 2.43. The van der Waals surface area contributed by atoms with E-state index in [0.29, 0.717) is 11.7 Å². The van der Waals surface area contributed by atoms with Gasteiger partial charge in [-0.1, -0.05) is 53.7 Å². The summed E-state index contributed by atoms with van der Waals surface area (Å²) >= 11 is 0. The van der Waals surface area contributed by atoms with Gasteiger partial charge >= 0.3 is 5.97 Å². The minimum absolute atomic E-state index is 0.115. The fourth-order valence-electron chi connectivity index (χ4n) is 3.32. The molecule has 0 saturated carbocycles. The Kier molecular flexibility index (Phi) is 7.55. The Morgan fingerprint density at radius 2 is 1.42 bits per heavy atom. The second-order valence-corrected chi connectivity index (χ2v) is 11.4. The Morgan fingerprint density at radius 1 is 0.903 bits per heavy atom. The Bertz CT molecular complexity index is 978. The largest absolute Gasteiger partial charge is 0.482 e. The summed E-state index contributed by atoms with van der Waals surface area (Å²) in [5.41, 5.74) is 1.55. The molecule has 0 spiro atoms. The lowest BCUT2D eigenvalue weighted by molar-refractivity contribution is -0.136. The summed E-state index contributed by atoms with van der Waals surface area (Å²) in [6.07, 6.45) is 1.05. The van der Waals surface area contributed by atoms with Crippen LogP contribution in [0.5, 0.6) is 11.5 Å². The highest BCUT2D eigenvalue weighted by molar-refractivity contribution is 7.85. The van der Waals surface area contributed by atoms with E-state index in [1.54, 1.807) is 0 Å². The highest BCUT2D eigenvalue weighted by atomic mass is 32.2. The number of benzene rings is 2. The number of carbonyl (C=O) groups is 1. The van der Waals surface area contributed by atoms with Gasteiger partial charge in [0, 0.05) is 0 Å². The first kappa shape index (κ1) is 24.9. The van der Waals surface area contributed by atoms with E-state index in [-0.39, 0.29) is 28.1 Å². The van der Waals surface area contributed by atoms with Gasteiger partial charge in [-0.15, -0.1) is 0 Å². The van der Waals surface area contributed by atoms with Crippen molar-refractivity contribution in [2.75, 3.05) is 6.61 Å². The summed E-state index contributed by atoms with van der Waals surface area (Å²) in [5, 5.41) is 0. The Hall–Kier alpha value is -2.38. The SMILES string of the molecule is CC(C)(C)CC(c1ccc(OCC(=O)Oc2ccc(S(=O)(=O)O)cc2)cc1)C(C)(C)C. The maximum absolute atomic E-state index is 12.0. The van der Waals surface area contributed by atoms with Gasteiger partial charge in [-0.2, -0.15) is 8.42 Å². The van der Waals surface area contributed by atoms with E-state index in [1.807, 2.05) is 24.3 Å². The standard InChI is InChI=1S/C24H32O6S/c1-23(2,3)15-21(24(4,5)6)17-7-9-18(10-8-17)29-16-22(25)30-19-11-13-20(14-12-19)31(26,27)28/h7-14,21H,15-16H2,1-6H3,(H,26,27,28). The molecule has 2 aromatic rings. The highest BCUT2D eigenvalue weighted by Gasteiger charge is 2.30. The van der Waals surface area contributed by atoms with Gasteiger partial charge in [0.1, 0.15) is 11.5 Å². The molecule has 31 heavy (non-hydrogen) atoms. The van der Waals surface area contributed by atoms with Crippen molar-refractivity contribution in [3.05, 3.63) is 54.1 Å². The van der Waals surface area contributed by atoms with Gasteiger partial charge in [-0.3, -0.25) is 4.55 Å². The van der Waals surface area contributed by atoms with Gasteiger partial charge in [0.05, 0.1) is 4.90 Å². The monoisotopic (exact) mass is 448 g/mol. The third kappa shape index (κ3) is 7.99.